The number of benzene rings is 2. The van der Waals surface area contributed by atoms with Crippen LogP contribution in [0.15, 0.2) is 49.1 Å². The predicted octanol–water partition coefficient (Wildman–Crippen LogP) is 2.83. The third kappa shape index (κ3) is 2.92. The summed E-state index contributed by atoms with van der Waals surface area (Å²) in [5.74, 6) is -0.252. The smallest absolute Gasteiger partial charge is 0.255 e. The molecule has 0 spiro atoms. The molecule has 0 bridgehead atoms. The molecule has 7 heteroatoms. The monoisotopic (exact) mass is 352 g/mol. The van der Waals surface area contributed by atoms with Crippen molar-refractivity contribution >= 4 is 5.91 Å². The van der Waals surface area contributed by atoms with Crippen LogP contribution >= 0.6 is 0 Å². The van der Waals surface area contributed by atoms with Crippen LogP contribution in [0.25, 0.3) is 5.69 Å². The molecule has 2 heterocycles. The van der Waals surface area contributed by atoms with Crippen LogP contribution in [0.1, 0.15) is 34.5 Å². The topological polar surface area (TPSA) is 69.0 Å². The van der Waals surface area contributed by atoms with E-state index in [-0.39, 0.29) is 17.8 Å². The van der Waals surface area contributed by atoms with Gasteiger partial charge in [-0.25, -0.2) is 14.1 Å². The Balaban J connectivity index is 1.51. The first kappa shape index (κ1) is 16.3. The fourth-order valence-corrected chi connectivity index (χ4v) is 3.05. The quantitative estimate of drug-likeness (QED) is 0.784. The van der Waals surface area contributed by atoms with Gasteiger partial charge in [-0.2, -0.15) is 5.10 Å². The van der Waals surface area contributed by atoms with Gasteiger partial charge < -0.3 is 10.1 Å². The Morgan fingerprint density at radius 1 is 1.27 bits per heavy atom. The lowest BCUT2D eigenvalue weighted by atomic mass is 10.0. The number of rotatable bonds is 4. The fourth-order valence-electron chi connectivity index (χ4n) is 3.05. The van der Waals surface area contributed by atoms with Crippen LogP contribution in [0.2, 0.25) is 0 Å². The maximum absolute atomic E-state index is 13.8. The second-order valence-electron chi connectivity index (χ2n) is 6.13. The highest BCUT2D eigenvalue weighted by atomic mass is 19.1. The predicted molar refractivity (Wildman–Crippen MR) is 92.8 cm³/mol. The Hall–Kier alpha value is -3.22. The van der Waals surface area contributed by atoms with Crippen LogP contribution in [0.3, 0.4) is 0 Å². The molecule has 1 amide bonds. The van der Waals surface area contributed by atoms with Gasteiger partial charge in [-0.1, -0.05) is 12.1 Å². The number of carbonyl (C=O) groups is 1. The summed E-state index contributed by atoms with van der Waals surface area (Å²) in [5.41, 5.74) is 2.67. The summed E-state index contributed by atoms with van der Waals surface area (Å²) in [7, 11) is 0. The summed E-state index contributed by atoms with van der Waals surface area (Å²) in [5, 5.41) is 7.02. The van der Waals surface area contributed by atoms with Crippen LogP contribution in [-0.4, -0.2) is 27.3 Å². The Morgan fingerprint density at radius 3 is 2.81 bits per heavy atom. The van der Waals surface area contributed by atoms with Crippen molar-refractivity contribution in [2.24, 2.45) is 0 Å². The number of hydrogen-bond donors (Lipinski definition) is 1. The first-order chi connectivity index (χ1) is 12.6. The van der Waals surface area contributed by atoms with Crippen molar-refractivity contribution in [1.29, 1.82) is 0 Å². The highest BCUT2D eigenvalue weighted by molar-refractivity contribution is 5.97. The lowest BCUT2D eigenvalue weighted by Gasteiger charge is -2.16. The van der Waals surface area contributed by atoms with Crippen LogP contribution < -0.4 is 10.1 Å². The van der Waals surface area contributed by atoms with Crippen LogP contribution in [0.4, 0.5) is 4.39 Å². The van der Waals surface area contributed by atoms with Crippen molar-refractivity contribution in [3.05, 3.63) is 71.6 Å². The number of nitrogens with zero attached hydrogens (tertiary/aromatic N) is 3. The van der Waals surface area contributed by atoms with Gasteiger partial charge in [0, 0.05) is 12.0 Å². The molecule has 26 heavy (non-hydrogen) atoms. The number of hydrogen-bond acceptors (Lipinski definition) is 4. The normalized spacial score (nSPS) is 13.8. The van der Waals surface area contributed by atoms with Crippen molar-refractivity contribution in [2.75, 3.05) is 6.61 Å². The van der Waals surface area contributed by atoms with Gasteiger partial charge in [-0.05, 0) is 36.8 Å². The van der Waals surface area contributed by atoms with E-state index in [0.717, 1.165) is 11.3 Å². The Bertz CT molecular complexity index is 939. The van der Waals surface area contributed by atoms with Crippen LogP contribution in [0.5, 0.6) is 5.75 Å². The van der Waals surface area contributed by atoms with Crippen molar-refractivity contribution in [1.82, 2.24) is 20.1 Å². The second-order valence-corrected chi connectivity index (χ2v) is 6.13. The molecule has 3 aromatic rings. The number of fused-ring (bicyclic) bond motifs is 1. The van der Waals surface area contributed by atoms with Gasteiger partial charge in [-0.3, -0.25) is 4.79 Å². The highest BCUT2D eigenvalue weighted by Crippen LogP contribution is 2.32. The van der Waals surface area contributed by atoms with Crippen LogP contribution in [0, 0.1) is 5.82 Å². The van der Waals surface area contributed by atoms with Gasteiger partial charge in [0.1, 0.15) is 24.2 Å². The molecule has 1 N–H and O–H groups in total. The fraction of sp³-hybridized carbons (Fsp3) is 0.211. The van der Waals surface area contributed by atoms with Crippen molar-refractivity contribution in [3.8, 4) is 11.4 Å². The Labute approximate surface area is 149 Å². The summed E-state index contributed by atoms with van der Waals surface area (Å²) in [6.07, 6.45) is 3.58. The van der Waals surface area contributed by atoms with Crippen LogP contribution in [-0.2, 0) is 6.42 Å². The molecule has 1 aromatic heterocycles. The minimum Gasteiger partial charge on any atom is -0.492 e. The van der Waals surface area contributed by atoms with E-state index in [1.165, 1.54) is 18.5 Å². The van der Waals surface area contributed by atoms with Gasteiger partial charge in [0.25, 0.3) is 5.91 Å². The molecule has 1 atom stereocenters. The molecule has 4 rings (SSSR count). The molecule has 132 valence electrons. The average molecular weight is 352 g/mol. The molecule has 0 aliphatic carbocycles. The zero-order valence-corrected chi connectivity index (χ0v) is 14.1. The van der Waals surface area contributed by atoms with E-state index in [4.69, 9.17) is 4.74 Å². The number of amides is 1. The Morgan fingerprint density at radius 2 is 2.08 bits per heavy atom. The largest absolute Gasteiger partial charge is 0.492 e. The number of carbonyl (C=O) groups excluding carboxylic acids is 1. The Kier molecular flexibility index (Phi) is 4.12. The van der Waals surface area contributed by atoms with E-state index in [9.17, 15) is 9.18 Å². The minimum absolute atomic E-state index is 0.214. The van der Waals surface area contributed by atoms with Gasteiger partial charge in [-0.15, -0.1) is 0 Å². The second kappa shape index (κ2) is 6.59. The molecule has 1 aliphatic heterocycles. The zero-order valence-electron chi connectivity index (χ0n) is 14.1. The summed E-state index contributed by atoms with van der Waals surface area (Å²) in [6, 6.07) is 10.2. The molecule has 2 aromatic carbocycles. The van der Waals surface area contributed by atoms with Gasteiger partial charge in [0.15, 0.2) is 0 Å². The summed E-state index contributed by atoms with van der Waals surface area (Å²) >= 11 is 0. The molecule has 0 fully saturated rings. The third-order valence-electron chi connectivity index (χ3n) is 4.47. The van der Waals surface area contributed by atoms with Gasteiger partial charge in [0.05, 0.1) is 23.9 Å². The molecule has 1 unspecified atom stereocenters. The van der Waals surface area contributed by atoms with Crippen molar-refractivity contribution in [2.45, 2.75) is 19.4 Å². The van der Waals surface area contributed by atoms with Gasteiger partial charge >= 0.3 is 0 Å². The number of nitrogens with one attached hydrogen (secondary N) is 1. The average Bonchev–Trinajstić information content (AvgIpc) is 3.34. The summed E-state index contributed by atoms with van der Waals surface area (Å²) < 4.78 is 20.9. The van der Waals surface area contributed by atoms with Crippen molar-refractivity contribution in [3.63, 3.8) is 0 Å². The first-order valence-electron chi connectivity index (χ1n) is 8.33. The zero-order chi connectivity index (χ0) is 18.1. The van der Waals surface area contributed by atoms with E-state index in [1.807, 2.05) is 31.2 Å². The maximum atomic E-state index is 13.8. The lowest BCUT2D eigenvalue weighted by Crippen LogP contribution is -2.27. The molecular formula is C19H17FN4O2. The van der Waals surface area contributed by atoms with Crippen molar-refractivity contribution < 1.29 is 13.9 Å². The standard InChI is InChI=1S/C19H17FN4O2/c1-12(13-2-4-14(5-3-13)24-11-21-10-22-24)23-19(25)16-6-7-17(20)15-8-9-26-18(15)16/h2-7,10-12H,8-9H2,1H3,(H,23,25). The SMILES string of the molecule is CC(NC(=O)c1ccc(F)c2c1OCC2)c1ccc(-n2cncn2)cc1. The van der Waals surface area contributed by atoms with Gasteiger partial charge in [0.2, 0.25) is 0 Å². The maximum Gasteiger partial charge on any atom is 0.255 e. The molecule has 0 saturated heterocycles. The lowest BCUT2D eigenvalue weighted by molar-refractivity contribution is 0.0936. The molecule has 1 aliphatic rings. The van der Waals surface area contributed by atoms with E-state index < -0.39 is 0 Å². The summed E-state index contributed by atoms with van der Waals surface area (Å²) in [4.78, 5) is 16.5. The summed E-state index contributed by atoms with van der Waals surface area (Å²) in [6.45, 7) is 2.29. The van der Waals surface area contributed by atoms with E-state index in [1.54, 1.807) is 11.0 Å². The number of halogens is 1. The van der Waals surface area contributed by atoms with E-state index >= 15 is 0 Å². The molecule has 0 radical (unpaired) electrons. The number of ether oxygens (including phenoxy) is 1. The van der Waals surface area contributed by atoms with E-state index in [0.29, 0.717) is 29.9 Å². The highest BCUT2D eigenvalue weighted by Gasteiger charge is 2.24. The third-order valence-corrected chi connectivity index (χ3v) is 4.47. The molecule has 6 nitrogen and oxygen atoms in total. The molecule has 0 saturated carbocycles. The van der Waals surface area contributed by atoms with E-state index in [2.05, 4.69) is 15.4 Å². The minimum atomic E-state index is -0.328. The molecular weight excluding hydrogens is 335 g/mol. The number of aromatic nitrogens is 3. The first-order valence-corrected chi connectivity index (χ1v) is 8.33.